The molecule has 2 nitrogen and oxygen atoms in total. The van der Waals surface area contributed by atoms with E-state index in [1.54, 1.807) is 18.2 Å². The fourth-order valence-electron chi connectivity index (χ4n) is 1.77. The van der Waals surface area contributed by atoms with E-state index in [-0.39, 0.29) is 12.2 Å². The van der Waals surface area contributed by atoms with E-state index in [9.17, 15) is 9.18 Å². The number of carbonyl (C=O) groups is 1. The van der Waals surface area contributed by atoms with Crippen LogP contribution in [0.3, 0.4) is 0 Å². The minimum absolute atomic E-state index is 0.111. The summed E-state index contributed by atoms with van der Waals surface area (Å²) in [6, 6.07) is 15.7. The van der Waals surface area contributed by atoms with Crippen LogP contribution in [0, 0.1) is 5.82 Å². The van der Waals surface area contributed by atoms with E-state index in [4.69, 9.17) is 5.11 Å². The van der Waals surface area contributed by atoms with Crippen molar-refractivity contribution in [2.24, 2.45) is 0 Å². The predicted molar refractivity (Wildman–Crippen MR) is 73.7 cm³/mol. The number of aliphatic carboxylic acids is 1. The second-order valence-corrected chi connectivity index (χ2v) is 5.32. The summed E-state index contributed by atoms with van der Waals surface area (Å²) in [5, 5.41) is 8.55. The Labute approximate surface area is 115 Å². The molecule has 0 heterocycles. The third-order valence-corrected chi connectivity index (χ3v) is 3.88. The van der Waals surface area contributed by atoms with Crippen LogP contribution in [-0.2, 0) is 4.79 Å². The van der Waals surface area contributed by atoms with Crippen molar-refractivity contribution >= 4 is 17.7 Å². The van der Waals surface area contributed by atoms with Crippen LogP contribution in [0.4, 0.5) is 4.39 Å². The molecule has 2 aromatic carbocycles. The van der Waals surface area contributed by atoms with Crippen molar-refractivity contribution in [1.29, 1.82) is 0 Å². The van der Waals surface area contributed by atoms with E-state index in [1.807, 2.05) is 30.3 Å². The van der Waals surface area contributed by atoms with Gasteiger partial charge in [-0.3, -0.25) is 4.79 Å². The standard InChI is InChI=1S/C15H13FO2S/c16-13-9-5-4-8-12(13)14(10-15(17)18)19-11-6-2-1-3-7-11/h1-9,14H,10H2,(H,17,18). The minimum atomic E-state index is -0.934. The zero-order valence-corrected chi connectivity index (χ0v) is 10.9. The van der Waals surface area contributed by atoms with Gasteiger partial charge < -0.3 is 5.11 Å². The summed E-state index contributed by atoms with van der Waals surface area (Å²) in [5.74, 6) is -1.30. The summed E-state index contributed by atoms with van der Waals surface area (Å²) in [7, 11) is 0. The zero-order valence-electron chi connectivity index (χ0n) is 10.1. The summed E-state index contributed by atoms with van der Waals surface area (Å²) in [6.45, 7) is 0. The lowest BCUT2D eigenvalue weighted by molar-refractivity contribution is -0.137. The Morgan fingerprint density at radius 2 is 1.74 bits per heavy atom. The van der Waals surface area contributed by atoms with E-state index < -0.39 is 11.2 Å². The Hall–Kier alpha value is -1.81. The zero-order chi connectivity index (χ0) is 13.7. The Kier molecular flexibility index (Phi) is 4.58. The normalized spacial score (nSPS) is 12.1. The number of rotatable bonds is 5. The van der Waals surface area contributed by atoms with Crippen LogP contribution in [-0.4, -0.2) is 11.1 Å². The highest BCUT2D eigenvalue weighted by Gasteiger charge is 2.19. The molecule has 98 valence electrons. The van der Waals surface area contributed by atoms with Crippen LogP contribution >= 0.6 is 11.8 Å². The highest BCUT2D eigenvalue weighted by atomic mass is 32.2. The molecule has 2 aromatic rings. The van der Waals surface area contributed by atoms with Gasteiger partial charge >= 0.3 is 5.97 Å². The monoisotopic (exact) mass is 276 g/mol. The van der Waals surface area contributed by atoms with E-state index >= 15 is 0 Å². The summed E-state index contributed by atoms with van der Waals surface area (Å²) in [4.78, 5) is 11.9. The average Bonchev–Trinajstić information content (AvgIpc) is 2.39. The molecule has 0 aliphatic rings. The summed E-state index contributed by atoms with van der Waals surface area (Å²) >= 11 is 1.36. The maximum Gasteiger partial charge on any atom is 0.304 e. The van der Waals surface area contributed by atoms with Gasteiger partial charge in [0.1, 0.15) is 5.82 Å². The van der Waals surface area contributed by atoms with Crippen LogP contribution in [0.5, 0.6) is 0 Å². The molecule has 0 aromatic heterocycles. The van der Waals surface area contributed by atoms with Gasteiger partial charge in [-0.05, 0) is 18.2 Å². The van der Waals surface area contributed by atoms with Crippen molar-refractivity contribution in [3.63, 3.8) is 0 Å². The first-order chi connectivity index (χ1) is 9.16. The Morgan fingerprint density at radius 3 is 2.37 bits per heavy atom. The quantitative estimate of drug-likeness (QED) is 0.834. The highest BCUT2D eigenvalue weighted by Crippen LogP contribution is 2.38. The average molecular weight is 276 g/mol. The first kappa shape index (κ1) is 13.6. The summed E-state index contributed by atoms with van der Waals surface area (Å²) in [6.07, 6.45) is -0.111. The number of halogens is 1. The number of thioether (sulfide) groups is 1. The highest BCUT2D eigenvalue weighted by molar-refractivity contribution is 7.99. The molecule has 0 fully saturated rings. The fourth-order valence-corrected chi connectivity index (χ4v) is 2.96. The number of carboxylic acids is 1. The van der Waals surface area contributed by atoms with Crippen molar-refractivity contribution in [3.05, 3.63) is 66.0 Å². The topological polar surface area (TPSA) is 37.3 Å². The van der Waals surface area contributed by atoms with Gasteiger partial charge in [0.2, 0.25) is 0 Å². The molecule has 19 heavy (non-hydrogen) atoms. The largest absolute Gasteiger partial charge is 0.481 e. The van der Waals surface area contributed by atoms with Gasteiger partial charge in [0.15, 0.2) is 0 Å². The molecular formula is C15H13FO2S. The Morgan fingerprint density at radius 1 is 1.11 bits per heavy atom. The van der Waals surface area contributed by atoms with E-state index in [2.05, 4.69) is 0 Å². The third-order valence-electron chi connectivity index (χ3n) is 2.63. The molecule has 1 N–H and O–H groups in total. The number of carboxylic acid groups (broad SMARTS) is 1. The van der Waals surface area contributed by atoms with Gasteiger partial charge in [0, 0.05) is 15.7 Å². The minimum Gasteiger partial charge on any atom is -0.481 e. The number of benzene rings is 2. The second kappa shape index (κ2) is 6.38. The van der Waals surface area contributed by atoms with Crippen LogP contribution in [0.1, 0.15) is 17.2 Å². The molecule has 0 radical (unpaired) electrons. The molecule has 4 heteroatoms. The molecule has 0 saturated carbocycles. The van der Waals surface area contributed by atoms with Gasteiger partial charge in [0.05, 0.1) is 6.42 Å². The number of hydrogen-bond donors (Lipinski definition) is 1. The predicted octanol–water partition coefficient (Wildman–Crippen LogP) is 4.13. The van der Waals surface area contributed by atoms with Gasteiger partial charge in [-0.2, -0.15) is 0 Å². The molecular weight excluding hydrogens is 263 g/mol. The second-order valence-electron chi connectivity index (χ2n) is 4.04. The third kappa shape index (κ3) is 3.83. The first-order valence-electron chi connectivity index (χ1n) is 5.85. The van der Waals surface area contributed by atoms with Gasteiger partial charge in [0.25, 0.3) is 0 Å². The van der Waals surface area contributed by atoms with Crippen LogP contribution in [0.25, 0.3) is 0 Å². The summed E-state index contributed by atoms with van der Waals surface area (Å²) < 4.78 is 13.8. The molecule has 0 saturated heterocycles. The van der Waals surface area contributed by atoms with Crippen molar-refractivity contribution in [1.82, 2.24) is 0 Å². The molecule has 0 aliphatic heterocycles. The first-order valence-corrected chi connectivity index (χ1v) is 6.72. The number of hydrogen-bond acceptors (Lipinski definition) is 2. The fraction of sp³-hybridized carbons (Fsp3) is 0.133. The van der Waals surface area contributed by atoms with Gasteiger partial charge in [-0.1, -0.05) is 36.4 Å². The Bertz CT molecular complexity index is 557. The SMILES string of the molecule is O=C(O)CC(Sc1ccccc1)c1ccccc1F. The van der Waals surface area contributed by atoms with Gasteiger partial charge in [-0.15, -0.1) is 11.8 Å². The van der Waals surface area contributed by atoms with Crippen molar-refractivity contribution in [2.75, 3.05) is 0 Å². The van der Waals surface area contributed by atoms with Gasteiger partial charge in [-0.25, -0.2) is 4.39 Å². The maximum atomic E-state index is 13.8. The summed E-state index contributed by atoms with van der Waals surface area (Å²) in [5.41, 5.74) is 0.429. The molecule has 1 atom stereocenters. The molecule has 0 amide bonds. The van der Waals surface area contributed by atoms with Crippen molar-refractivity contribution in [3.8, 4) is 0 Å². The molecule has 1 unspecified atom stereocenters. The van der Waals surface area contributed by atoms with Crippen LogP contribution < -0.4 is 0 Å². The molecule has 0 bridgehead atoms. The molecule has 0 spiro atoms. The van der Waals surface area contributed by atoms with Crippen LogP contribution in [0.2, 0.25) is 0 Å². The van der Waals surface area contributed by atoms with E-state index in [1.165, 1.54) is 17.8 Å². The van der Waals surface area contributed by atoms with Crippen LogP contribution in [0.15, 0.2) is 59.5 Å². The van der Waals surface area contributed by atoms with Crippen molar-refractivity contribution < 1.29 is 14.3 Å². The lowest BCUT2D eigenvalue weighted by Gasteiger charge is -2.15. The molecule has 2 rings (SSSR count). The Balaban J connectivity index is 2.26. The van der Waals surface area contributed by atoms with E-state index in [0.29, 0.717) is 5.56 Å². The maximum absolute atomic E-state index is 13.8. The van der Waals surface area contributed by atoms with Crippen molar-refractivity contribution in [2.45, 2.75) is 16.6 Å². The lowest BCUT2D eigenvalue weighted by atomic mass is 10.1. The van der Waals surface area contributed by atoms with E-state index in [0.717, 1.165) is 4.90 Å². The molecule has 0 aliphatic carbocycles. The smallest absolute Gasteiger partial charge is 0.304 e. The lowest BCUT2D eigenvalue weighted by Crippen LogP contribution is -2.05.